The van der Waals surface area contributed by atoms with E-state index in [1.54, 1.807) is 0 Å². The Labute approximate surface area is 108 Å². The van der Waals surface area contributed by atoms with Crippen molar-refractivity contribution < 1.29 is 24.3 Å². The molecule has 9 nitrogen and oxygen atoms in total. The first-order valence-electron chi connectivity index (χ1n) is 5.73. The highest BCUT2D eigenvalue weighted by atomic mass is 16.4. The molecule has 1 heterocycles. The van der Waals surface area contributed by atoms with Crippen LogP contribution in [0.4, 0.5) is 4.79 Å². The average molecular weight is 272 g/mol. The van der Waals surface area contributed by atoms with Gasteiger partial charge in [-0.15, -0.1) is 0 Å². The smallest absolute Gasteiger partial charge is 0.326 e. The van der Waals surface area contributed by atoms with Crippen LogP contribution < -0.4 is 21.7 Å². The van der Waals surface area contributed by atoms with Crippen LogP contribution in [0.5, 0.6) is 0 Å². The summed E-state index contributed by atoms with van der Waals surface area (Å²) in [4.78, 5) is 43.9. The Kier molecular flexibility index (Phi) is 5.10. The number of carboxylic acids is 1. The van der Waals surface area contributed by atoms with E-state index in [0.717, 1.165) is 0 Å². The first-order valence-corrected chi connectivity index (χ1v) is 5.73. The van der Waals surface area contributed by atoms with Gasteiger partial charge in [0.25, 0.3) is 0 Å². The van der Waals surface area contributed by atoms with Gasteiger partial charge in [0, 0.05) is 19.4 Å². The summed E-state index contributed by atoms with van der Waals surface area (Å²) in [7, 11) is 0. The number of nitrogens with one attached hydrogen (secondary N) is 3. The lowest BCUT2D eigenvalue weighted by Crippen LogP contribution is -2.49. The maximum absolute atomic E-state index is 11.5. The second kappa shape index (κ2) is 6.57. The standard InChI is InChI=1S/C10H16N4O5/c11-7(15)2-1-6(9(17)18)14-10(19)13-5-3-8(16)12-4-5/h5-6H,1-4H2,(H2,11,15)(H,12,16)(H,17,18)(H2,13,14,19)/t5?,6-/m0/s1. The summed E-state index contributed by atoms with van der Waals surface area (Å²) in [6, 6.07) is -2.26. The summed E-state index contributed by atoms with van der Waals surface area (Å²) in [5.41, 5.74) is 4.91. The zero-order valence-corrected chi connectivity index (χ0v) is 10.1. The Hall–Kier alpha value is -2.32. The minimum atomic E-state index is -1.25. The Morgan fingerprint density at radius 1 is 1.47 bits per heavy atom. The Balaban J connectivity index is 2.40. The fourth-order valence-electron chi connectivity index (χ4n) is 1.64. The molecule has 0 aliphatic carbocycles. The van der Waals surface area contributed by atoms with Crippen molar-refractivity contribution in [3.05, 3.63) is 0 Å². The van der Waals surface area contributed by atoms with Gasteiger partial charge < -0.3 is 26.8 Å². The molecule has 2 atom stereocenters. The highest BCUT2D eigenvalue weighted by Gasteiger charge is 2.25. The monoisotopic (exact) mass is 272 g/mol. The van der Waals surface area contributed by atoms with Crippen LogP contribution in [0.15, 0.2) is 0 Å². The molecular weight excluding hydrogens is 256 g/mol. The minimum Gasteiger partial charge on any atom is -0.480 e. The van der Waals surface area contributed by atoms with Crippen molar-refractivity contribution >= 4 is 23.8 Å². The molecule has 0 aromatic carbocycles. The number of carbonyl (C=O) groups is 4. The molecule has 1 unspecified atom stereocenters. The van der Waals surface area contributed by atoms with Crippen LogP contribution >= 0.6 is 0 Å². The van der Waals surface area contributed by atoms with Crippen molar-refractivity contribution in [1.82, 2.24) is 16.0 Å². The number of amides is 4. The Morgan fingerprint density at radius 2 is 2.16 bits per heavy atom. The molecule has 1 aliphatic heterocycles. The lowest BCUT2D eigenvalue weighted by Gasteiger charge is -2.16. The molecule has 0 spiro atoms. The number of rotatable bonds is 6. The maximum Gasteiger partial charge on any atom is 0.326 e. The van der Waals surface area contributed by atoms with E-state index >= 15 is 0 Å². The quantitative estimate of drug-likeness (QED) is 0.375. The van der Waals surface area contributed by atoms with Crippen molar-refractivity contribution in [1.29, 1.82) is 0 Å². The average Bonchev–Trinajstić information content (AvgIpc) is 2.69. The van der Waals surface area contributed by atoms with Gasteiger partial charge in [-0.2, -0.15) is 0 Å². The fraction of sp³-hybridized carbons (Fsp3) is 0.600. The molecular formula is C10H16N4O5. The molecule has 19 heavy (non-hydrogen) atoms. The summed E-state index contributed by atoms with van der Waals surface area (Å²) in [6.07, 6.45) is -0.0624. The van der Waals surface area contributed by atoms with Crippen LogP contribution in [-0.4, -0.2) is 47.5 Å². The molecule has 0 saturated carbocycles. The molecule has 0 aromatic rings. The van der Waals surface area contributed by atoms with Crippen LogP contribution in [0, 0.1) is 0 Å². The molecule has 0 radical (unpaired) electrons. The van der Waals surface area contributed by atoms with Gasteiger partial charge in [0.05, 0.1) is 6.04 Å². The highest BCUT2D eigenvalue weighted by molar-refractivity contribution is 5.85. The summed E-state index contributed by atoms with van der Waals surface area (Å²) in [5.74, 6) is -2.06. The lowest BCUT2D eigenvalue weighted by molar-refractivity contribution is -0.139. The normalized spacial score (nSPS) is 19.4. The number of hydrogen-bond donors (Lipinski definition) is 5. The third-order valence-corrected chi connectivity index (χ3v) is 2.60. The van der Waals surface area contributed by atoms with Crippen LogP contribution in [0.1, 0.15) is 19.3 Å². The van der Waals surface area contributed by atoms with E-state index in [-0.39, 0.29) is 31.2 Å². The van der Waals surface area contributed by atoms with Crippen LogP contribution in [0.3, 0.4) is 0 Å². The van der Waals surface area contributed by atoms with Gasteiger partial charge in [-0.25, -0.2) is 9.59 Å². The summed E-state index contributed by atoms with van der Waals surface area (Å²) >= 11 is 0. The van der Waals surface area contributed by atoms with Crippen LogP contribution in [0.25, 0.3) is 0 Å². The van der Waals surface area contributed by atoms with Crippen molar-refractivity contribution in [3.63, 3.8) is 0 Å². The van der Waals surface area contributed by atoms with Crippen molar-refractivity contribution in [3.8, 4) is 0 Å². The van der Waals surface area contributed by atoms with Crippen molar-refractivity contribution in [2.75, 3.05) is 6.54 Å². The van der Waals surface area contributed by atoms with E-state index < -0.39 is 23.9 Å². The number of primary amides is 1. The zero-order chi connectivity index (χ0) is 14.4. The van der Waals surface area contributed by atoms with E-state index in [1.807, 2.05) is 0 Å². The van der Waals surface area contributed by atoms with Gasteiger partial charge in [0.15, 0.2) is 0 Å². The second-order valence-electron chi connectivity index (χ2n) is 4.22. The number of carboxylic acid groups (broad SMARTS) is 1. The van der Waals surface area contributed by atoms with Gasteiger partial charge >= 0.3 is 12.0 Å². The Morgan fingerprint density at radius 3 is 2.63 bits per heavy atom. The number of hydrogen-bond acceptors (Lipinski definition) is 4. The molecule has 1 rings (SSSR count). The topological polar surface area (TPSA) is 151 Å². The molecule has 106 valence electrons. The fourth-order valence-corrected chi connectivity index (χ4v) is 1.64. The van der Waals surface area contributed by atoms with Crippen LogP contribution in [-0.2, 0) is 14.4 Å². The first kappa shape index (κ1) is 14.7. The third kappa shape index (κ3) is 5.23. The molecule has 9 heteroatoms. The summed E-state index contributed by atoms with van der Waals surface area (Å²) in [5, 5.41) is 16.1. The van der Waals surface area contributed by atoms with E-state index in [1.165, 1.54) is 0 Å². The van der Waals surface area contributed by atoms with E-state index in [0.29, 0.717) is 6.54 Å². The maximum atomic E-state index is 11.5. The number of urea groups is 1. The highest BCUT2D eigenvalue weighted by Crippen LogP contribution is 2.00. The van der Waals surface area contributed by atoms with Gasteiger partial charge in [0.1, 0.15) is 6.04 Å². The van der Waals surface area contributed by atoms with Crippen LogP contribution in [0.2, 0.25) is 0 Å². The predicted octanol–water partition coefficient (Wildman–Crippen LogP) is -2.11. The molecule has 4 amide bonds. The molecule has 1 aliphatic rings. The number of carbonyl (C=O) groups excluding carboxylic acids is 3. The van der Waals surface area contributed by atoms with E-state index in [4.69, 9.17) is 10.8 Å². The van der Waals surface area contributed by atoms with Gasteiger partial charge in [-0.1, -0.05) is 0 Å². The largest absolute Gasteiger partial charge is 0.480 e. The van der Waals surface area contributed by atoms with Gasteiger partial charge in [-0.3, -0.25) is 9.59 Å². The molecule has 0 aromatic heterocycles. The van der Waals surface area contributed by atoms with Crippen molar-refractivity contribution in [2.24, 2.45) is 5.73 Å². The van der Waals surface area contributed by atoms with Crippen molar-refractivity contribution in [2.45, 2.75) is 31.3 Å². The van der Waals surface area contributed by atoms with Gasteiger partial charge in [0.2, 0.25) is 11.8 Å². The molecule has 6 N–H and O–H groups in total. The SMILES string of the molecule is NC(=O)CC[C@H](NC(=O)NC1CNC(=O)C1)C(=O)O. The van der Waals surface area contributed by atoms with E-state index in [9.17, 15) is 19.2 Å². The minimum absolute atomic E-state index is 0.0834. The summed E-state index contributed by atoms with van der Waals surface area (Å²) in [6.45, 7) is 0.311. The van der Waals surface area contributed by atoms with E-state index in [2.05, 4.69) is 16.0 Å². The Bertz CT molecular complexity index is 397. The zero-order valence-electron chi connectivity index (χ0n) is 10.1. The van der Waals surface area contributed by atoms with Gasteiger partial charge in [-0.05, 0) is 6.42 Å². The molecule has 1 saturated heterocycles. The first-order chi connectivity index (χ1) is 8.88. The predicted molar refractivity (Wildman–Crippen MR) is 62.9 cm³/mol. The molecule has 0 bridgehead atoms. The number of nitrogens with two attached hydrogens (primary N) is 1. The second-order valence-corrected chi connectivity index (χ2v) is 4.22. The lowest BCUT2D eigenvalue weighted by atomic mass is 10.1. The summed E-state index contributed by atoms with van der Waals surface area (Å²) < 4.78 is 0. The molecule has 1 fully saturated rings. The number of aliphatic carboxylic acids is 1. The third-order valence-electron chi connectivity index (χ3n) is 2.60.